The van der Waals surface area contributed by atoms with Crippen LogP contribution in [0.3, 0.4) is 0 Å². The third kappa shape index (κ3) is 1.80. The maximum atomic E-state index is 5.55. The summed E-state index contributed by atoms with van der Waals surface area (Å²) in [5, 5.41) is 3.40. The van der Waals surface area contributed by atoms with Crippen LogP contribution >= 0.6 is 0 Å². The van der Waals surface area contributed by atoms with E-state index in [4.69, 9.17) is 11.6 Å². The van der Waals surface area contributed by atoms with Crippen LogP contribution in [0, 0.1) is 6.92 Å². The minimum Gasteiger partial charge on any atom is -0.380 e. The summed E-state index contributed by atoms with van der Waals surface area (Å²) in [5.74, 6) is 6.58. The molecular weight excluding hydrogens is 166 g/mol. The summed E-state index contributed by atoms with van der Waals surface area (Å²) in [6.45, 7) is 6.00. The van der Waals surface area contributed by atoms with Crippen molar-refractivity contribution in [3.05, 3.63) is 17.2 Å². The maximum absolute atomic E-state index is 5.55. The molecule has 0 aromatic carbocycles. The molecule has 72 valence electrons. The lowest BCUT2D eigenvalue weighted by molar-refractivity contribution is 0.791. The first-order valence-electron chi connectivity index (χ1n) is 4.16. The smallest absolute Gasteiger partial charge is 0.170 e. The van der Waals surface area contributed by atoms with Crippen molar-refractivity contribution in [3.63, 3.8) is 0 Å². The monoisotopic (exact) mass is 181 g/mol. The van der Waals surface area contributed by atoms with E-state index >= 15 is 0 Å². The first-order valence-corrected chi connectivity index (χ1v) is 4.16. The highest BCUT2D eigenvalue weighted by Crippen LogP contribution is 2.12. The first kappa shape index (κ1) is 9.57. The van der Waals surface area contributed by atoms with E-state index in [1.165, 1.54) is 0 Å². The van der Waals surface area contributed by atoms with Gasteiger partial charge in [-0.1, -0.05) is 13.8 Å². The minimum absolute atomic E-state index is 0.264. The Balaban J connectivity index is 3.10. The number of aryl methyl sites for hydroxylation is 1. The van der Waals surface area contributed by atoms with Gasteiger partial charge >= 0.3 is 0 Å². The molecule has 0 amide bonds. The molecule has 13 heavy (non-hydrogen) atoms. The van der Waals surface area contributed by atoms with Crippen molar-refractivity contribution in [1.29, 1.82) is 0 Å². The second-order valence-corrected chi connectivity index (χ2v) is 3.26. The summed E-state index contributed by atoms with van der Waals surface area (Å²) >= 11 is 0. The first-order chi connectivity index (χ1) is 6.06. The largest absolute Gasteiger partial charge is 0.380 e. The van der Waals surface area contributed by atoms with E-state index in [0.717, 1.165) is 11.5 Å². The summed E-state index contributed by atoms with van der Waals surface area (Å²) < 4.78 is 0. The predicted octanol–water partition coefficient (Wildman–Crippen LogP) is 0.421. The number of aromatic amines is 1. The van der Waals surface area contributed by atoms with Crippen molar-refractivity contribution >= 4 is 5.84 Å². The molecule has 0 spiro atoms. The van der Waals surface area contributed by atoms with Crippen molar-refractivity contribution in [3.8, 4) is 0 Å². The predicted molar refractivity (Wildman–Crippen MR) is 52.3 cm³/mol. The van der Waals surface area contributed by atoms with Gasteiger partial charge < -0.3 is 16.6 Å². The zero-order chi connectivity index (χ0) is 10.0. The number of amidine groups is 1. The van der Waals surface area contributed by atoms with E-state index in [9.17, 15) is 0 Å². The Morgan fingerprint density at radius 2 is 2.15 bits per heavy atom. The van der Waals surface area contributed by atoms with Crippen LogP contribution in [0.4, 0.5) is 0 Å². The molecule has 1 aromatic rings. The Hall–Kier alpha value is -1.52. The van der Waals surface area contributed by atoms with Crippen LogP contribution < -0.4 is 11.6 Å². The molecule has 5 nitrogen and oxygen atoms in total. The molecule has 0 aliphatic rings. The van der Waals surface area contributed by atoms with Crippen LogP contribution in [0.2, 0.25) is 0 Å². The molecule has 0 radical (unpaired) electrons. The molecule has 0 aliphatic carbocycles. The molecule has 5 N–H and O–H groups in total. The van der Waals surface area contributed by atoms with Crippen LogP contribution in [-0.4, -0.2) is 15.8 Å². The van der Waals surface area contributed by atoms with Crippen LogP contribution in [0.25, 0.3) is 0 Å². The lowest BCUT2D eigenvalue weighted by Gasteiger charge is -1.96. The van der Waals surface area contributed by atoms with Gasteiger partial charge in [0.1, 0.15) is 11.5 Å². The van der Waals surface area contributed by atoms with E-state index in [1.54, 1.807) is 0 Å². The molecule has 0 saturated heterocycles. The lowest BCUT2D eigenvalue weighted by atomic mass is 10.2. The average molecular weight is 181 g/mol. The second-order valence-electron chi connectivity index (χ2n) is 3.26. The van der Waals surface area contributed by atoms with Gasteiger partial charge in [-0.25, -0.2) is 4.98 Å². The van der Waals surface area contributed by atoms with Crippen LogP contribution in [-0.2, 0) is 0 Å². The fourth-order valence-electron chi connectivity index (χ4n) is 1.07. The SMILES string of the molecule is Cc1[nH]c(C(C)C)nc1C(N)=NN. The van der Waals surface area contributed by atoms with Gasteiger partial charge in [0, 0.05) is 11.6 Å². The zero-order valence-electron chi connectivity index (χ0n) is 8.13. The number of aromatic nitrogens is 2. The van der Waals surface area contributed by atoms with Crippen molar-refractivity contribution in [2.75, 3.05) is 0 Å². The third-order valence-corrected chi connectivity index (χ3v) is 1.83. The number of hydrogen-bond donors (Lipinski definition) is 3. The molecule has 1 heterocycles. The van der Waals surface area contributed by atoms with Gasteiger partial charge in [-0.2, -0.15) is 5.10 Å². The van der Waals surface area contributed by atoms with E-state index in [2.05, 4.69) is 28.9 Å². The average Bonchev–Trinajstić information content (AvgIpc) is 2.46. The van der Waals surface area contributed by atoms with Crippen molar-refractivity contribution in [2.45, 2.75) is 26.7 Å². The molecule has 1 aromatic heterocycles. The number of imidazole rings is 1. The Bertz CT molecular complexity index is 323. The van der Waals surface area contributed by atoms with Crippen LogP contribution in [0.15, 0.2) is 5.10 Å². The number of nitrogens with two attached hydrogens (primary N) is 2. The van der Waals surface area contributed by atoms with Gasteiger partial charge in [0.25, 0.3) is 0 Å². The number of rotatable bonds is 2. The van der Waals surface area contributed by atoms with Gasteiger partial charge in [0.15, 0.2) is 5.84 Å². The Morgan fingerprint density at radius 3 is 2.54 bits per heavy atom. The highest BCUT2D eigenvalue weighted by atomic mass is 15.2. The van der Waals surface area contributed by atoms with Crippen molar-refractivity contribution in [2.24, 2.45) is 16.7 Å². The number of hydrogen-bond acceptors (Lipinski definition) is 3. The van der Waals surface area contributed by atoms with Gasteiger partial charge in [0.05, 0.1) is 0 Å². The second kappa shape index (κ2) is 3.47. The molecule has 5 heteroatoms. The Kier molecular flexibility index (Phi) is 2.55. The molecule has 0 atom stereocenters. The molecule has 0 unspecified atom stereocenters. The summed E-state index contributed by atoms with van der Waals surface area (Å²) in [6, 6.07) is 0. The molecule has 1 rings (SSSR count). The fraction of sp³-hybridized carbons (Fsp3) is 0.500. The molecule has 0 aliphatic heterocycles. The van der Waals surface area contributed by atoms with Crippen LogP contribution in [0.1, 0.15) is 37.0 Å². The number of hydrazone groups is 1. The molecule has 0 saturated carbocycles. The highest BCUT2D eigenvalue weighted by molar-refractivity contribution is 5.96. The summed E-state index contributed by atoms with van der Waals surface area (Å²) in [7, 11) is 0. The van der Waals surface area contributed by atoms with E-state index < -0.39 is 0 Å². The van der Waals surface area contributed by atoms with E-state index in [0.29, 0.717) is 11.6 Å². The van der Waals surface area contributed by atoms with E-state index in [1.807, 2.05) is 6.92 Å². The number of H-pyrrole nitrogens is 1. The molecule has 0 fully saturated rings. The number of nitrogens with zero attached hydrogens (tertiary/aromatic N) is 2. The summed E-state index contributed by atoms with van der Waals surface area (Å²) in [5.41, 5.74) is 7.09. The fourth-order valence-corrected chi connectivity index (χ4v) is 1.07. The third-order valence-electron chi connectivity index (χ3n) is 1.83. The minimum atomic E-state index is 0.264. The highest BCUT2D eigenvalue weighted by Gasteiger charge is 2.11. The zero-order valence-corrected chi connectivity index (χ0v) is 8.13. The summed E-state index contributed by atoms with van der Waals surface area (Å²) in [6.07, 6.45) is 0. The Labute approximate surface area is 77.2 Å². The van der Waals surface area contributed by atoms with Crippen molar-refractivity contribution < 1.29 is 0 Å². The van der Waals surface area contributed by atoms with Gasteiger partial charge in [-0.15, -0.1) is 0 Å². The van der Waals surface area contributed by atoms with Crippen LogP contribution in [0.5, 0.6) is 0 Å². The molecule has 0 bridgehead atoms. The number of nitrogens with one attached hydrogen (secondary N) is 1. The standard InChI is InChI=1S/C8H15N5/c1-4(2)8-11-5(3)6(12-8)7(9)13-10/h4H,10H2,1-3H3,(H2,9,13)(H,11,12). The van der Waals surface area contributed by atoms with Gasteiger partial charge in [-0.3, -0.25) is 0 Å². The van der Waals surface area contributed by atoms with Crippen molar-refractivity contribution in [1.82, 2.24) is 9.97 Å². The lowest BCUT2D eigenvalue weighted by Crippen LogP contribution is -2.17. The molecular formula is C8H15N5. The van der Waals surface area contributed by atoms with E-state index in [-0.39, 0.29) is 5.84 Å². The Morgan fingerprint density at radius 1 is 1.54 bits per heavy atom. The summed E-state index contributed by atoms with van der Waals surface area (Å²) in [4.78, 5) is 7.42. The quantitative estimate of drug-likeness (QED) is 0.267. The topological polar surface area (TPSA) is 93.1 Å². The van der Waals surface area contributed by atoms with Gasteiger partial charge in [-0.05, 0) is 6.92 Å². The normalized spacial score (nSPS) is 12.5. The maximum Gasteiger partial charge on any atom is 0.170 e. The van der Waals surface area contributed by atoms with Gasteiger partial charge in [0.2, 0.25) is 0 Å².